The molecule has 0 fully saturated rings. The Morgan fingerprint density at radius 2 is 0.963 bits per heavy atom. The fourth-order valence-electron chi connectivity index (χ4n) is 1.41. The van der Waals surface area contributed by atoms with Crippen LogP contribution in [0.25, 0.3) is 0 Å². The van der Waals surface area contributed by atoms with Crippen LogP contribution in [0, 0.1) is 6.92 Å². The zero-order valence-electron chi connectivity index (χ0n) is 12.6. The molecule has 0 aromatic heterocycles. The van der Waals surface area contributed by atoms with Gasteiger partial charge in [0.25, 0.3) is 0 Å². The fourth-order valence-corrected chi connectivity index (χ4v) is 1.41. The third-order valence-corrected chi connectivity index (χ3v) is 2.67. The molecule has 0 atom stereocenters. The smallest absolute Gasteiger partial charge is 0.422 e. The van der Waals surface area contributed by atoms with Gasteiger partial charge >= 0.3 is 36.1 Å². The first-order valence-electron chi connectivity index (χ1n) is 6.35. The van der Waals surface area contributed by atoms with E-state index in [1.165, 1.54) is 0 Å². The second kappa shape index (κ2) is 6.88. The Bertz CT molecular complexity index is 677. The highest BCUT2D eigenvalue weighted by atomic mass is 19.4. The highest BCUT2D eigenvalue weighted by molar-refractivity contribution is 5.82. The number of hydrogen-bond donors (Lipinski definition) is 0. The number of esters is 2. The van der Waals surface area contributed by atoms with Crippen LogP contribution in [0.2, 0.25) is 0 Å². The van der Waals surface area contributed by atoms with Crippen LogP contribution in [0.3, 0.4) is 0 Å². The first-order chi connectivity index (χ1) is 11.9. The molecular formula is C13H6F10O4. The summed E-state index contributed by atoms with van der Waals surface area (Å²) in [5.41, 5.74) is -0.200. The molecule has 4 nitrogen and oxygen atoms in total. The molecular weight excluding hydrogens is 410 g/mol. The number of rotatable bonds is 4. The Morgan fingerprint density at radius 1 is 0.667 bits per heavy atom. The standard InChI is InChI=1S/C13H6F10O4/c1-5-2-6(26-8(24)10(14,15)12(18,19)20)4-7(3-5)27-9(25)11(16,17)13(21,22)23/h2-4H,1H3. The van der Waals surface area contributed by atoms with Gasteiger partial charge in [0.1, 0.15) is 11.5 Å². The Morgan fingerprint density at radius 3 is 1.22 bits per heavy atom. The molecule has 0 radical (unpaired) electrons. The summed E-state index contributed by atoms with van der Waals surface area (Å²) >= 11 is 0. The van der Waals surface area contributed by atoms with Crippen molar-refractivity contribution in [1.29, 1.82) is 0 Å². The van der Waals surface area contributed by atoms with Crippen LogP contribution in [0.4, 0.5) is 43.9 Å². The van der Waals surface area contributed by atoms with E-state index in [0.29, 0.717) is 12.1 Å². The summed E-state index contributed by atoms with van der Waals surface area (Å²) < 4.78 is 131. The van der Waals surface area contributed by atoms with Crippen molar-refractivity contribution in [2.24, 2.45) is 0 Å². The van der Waals surface area contributed by atoms with Crippen molar-refractivity contribution in [3.8, 4) is 11.5 Å². The molecule has 0 saturated heterocycles. The summed E-state index contributed by atoms with van der Waals surface area (Å²) in [6, 6.07) is 1.51. The lowest BCUT2D eigenvalue weighted by Gasteiger charge is -2.19. The number of ether oxygens (including phenoxy) is 2. The molecule has 1 rings (SSSR count). The Kier molecular flexibility index (Phi) is 5.74. The largest absolute Gasteiger partial charge is 0.465 e. The zero-order valence-corrected chi connectivity index (χ0v) is 12.6. The van der Waals surface area contributed by atoms with Crippen LogP contribution in [0.15, 0.2) is 18.2 Å². The van der Waals surface area contributed by atoms with Gasteiger partial charge in [-0.3, -0.25) is 0 Å². The van der Waals surface area contributed by atoms with E-state index in [1.807, 2.05) is 0 Å². The lowest BCUT2D eigenvalue weighted by Crippen LogP contribution is -2.46. The number of hydrogen-bond acceptors (Lipinski definition) is 4. The van der Waals surface area contributed by atoms with Gasteiger partial charge in [-0.25, -0.2) is 9.59 Å². The maximum Gasteiger partial charge on any atom is 0.465 e. The number of benzene rings is 1. The van der Waals surface area contributed by atoms with Crippen molar-refractivity contribution in [3.63, 3.8) is 0 Å². The van der Waals surface area contributed by atoms with Gasteiger partial charge in [-0.15, -0.1) is 0 Å². The molecule has 1 aromatic rings. The van der Waals surface area contributed by atoms with Crippen LogP contribution >= 0.6 is 0 Å². The van der Waals surface area contributed by atoms with Gasteiger partial charge in [0.15, 0.2) is 0 Å². The van der Waals surface area contributed by atoms with Crippen LogP contribution in [0.5, 0.6) is 11.5 Å². The van der Waals surface area contributed by atoms with Gasteiger partial charge < -0.3 is 9.47 Å². The minimum atomic E-state index is -6.31. The van der Waals surface area contributed by atoms with Gasteiger partial charge in [0.05, 0.1) is 0 Å². The molecule has 0 unspecified atom stereocenters. The minimum absolute atomic E-state index is 0.196. The number of carbonyl (C=O) groups excluding carboxylic acids is 2. The van der Waals surface area contributed by atoms with Crippen LogP contribution in [-0.4, -0.2) is 36.1 Å². The average Bonchev–Trinajstić information content (AvgIpc) is 2.43. The van der Waals surface area contributed by atoms with Gasteiger partial charge in [-0.2, -0.15) is 43.9 Å². The molecule has 14 heteroatoms. The Hall–Kier alpha value is -2.54. The van der Waals surface area contributed by atoms with E-state index >= 15 is 0 Å². The van der Waals surface area contributed by atoms with Gasteiger partial charge in [0, 0.05) is 6.07 Å². The molecule has 0 N–H and O–H groups in total. The predicted octanol–water partition coefficient (Wildman–Crippen LogP) is 4.20. The summed E-state index contributed by atoms with van der Waals surface area (Å²) in [6.07, 6.45) is -12.6. The van der Waals surface area contributed by atoms with Crippen molar-refractivity contribution in [2.75, 3.05) is 0 Å². The molecule has 0 saturated carbocycles. The molecule has 0 aliphatic rings. The molecule has 0 heterocycles. The summed E-state index contributed by atoms with van der Waals surface area (Å²) in [4.78, 5) is 21.9. The lowest BCUT2D eigenvalue weighted by atomic mass is 10.2. The molecule has 27 heavy (non-hydrogen) atoms. The second-order valence-electron chi connectivity index (χ2n) is 4.91. The minimum Gasteiger partial charge on any atom is -0.422 e. The lowest BCUT2D eigenvalue weighted by molar-refractivity contribution is -0.276. The van der Waals surface area contributed by atoms with Gasteiger partial charge in [-0.05, 0) is 24.6 Å². The third kappa shape index (κ3) is 4.80. The molecule has 1 aromatic carbocycles. The normalized spacial score (nSPS) is 13.3. The topological polar surface area (TPSA) is 52.6 Å². The quantitative estimate of drug-likeness (QED) is 0.420. The van der Waals surface area contributed by atoms with Crippen molar-refractivity contribution in [2.45, 2.75) is 31.1 Å². The third-order valence-electron chi connectivity index (χ3n) is 2.67. The predicted molar refractivity (Wildman–Crippen MR) is 64.5 cm³/mol. The number of alkyl halides is 10. The highest BCUT2D eigenvalue weighted by Crippen LogP contribution is 2.38. The van der Waals surface area contributed by atoms with Crippen LogP contribution in [-0.2, 0) is 9.59 Å². The van der Waals surface area contributed by atoms with E-state index in [9.17, 15) is 53.5 Å². The summed E-state index contributed by atoms with van der Waals surface area (Å²) in [5, 5.41) is 0. The molecule has 0 aliphatic heterocycles. The Labute approximate surface area is 142 Å². The number of aryl methyl sites for hydroxylation is 1. The van der Waals surface area contributed by atoms with E-state index in [1.54, 1.807) is 0 Å². The zero-order chi connectivity index (χ0) is 21.4. The maximum atomic E-state index is 12.8. The first kappa shape index (κ1) is 22.5. The number of carbonyl (C=O) groups is 2. The van der Waals surface area contributed by atoms with E-state index in [2.05, 4.69) is 9.47 Å². The van der Waals surface area contributed by atoms with E-state index in [0.717, 1.165) is 6.92 Å². The molecule has 152 valence electrons. The SMILES string of the molecule is Cc1cc(OC(=O)C(F)(F)C(F)(F)F)cc(OC(=O)C(F)(F)C(F)(F)F)c1. The maximum absolute atomic E-state index is 12.8. The van der Waals surface area contributed by atoms with Crippen LogP contribution in [0.1, 0.15) is 5.56 Å². The van der Waals surface area contributed by atoms with Crippen molar-refractivity contribution < 1.29 is 63.0 Å². The Balaban J connectivity index is 3.09. The summed E-state index contributed by atoms with van der Waals surface area (Å²) in [6.45, 7) is 1.05. The number of halogens is 10. The van der Waals surface area contributed by atoms with Crippen molar-refractivity contribution >= 4 is 11.9 Å². The van der Waals surface area contributed by atoms with Crippen molar-refractivity contribution in [3.05, 3.63) is 23.8 Å². The molecule has 0 aliphatic carbocycles. The average molecular weight is 416 g/mol. The first-order valence-corrected chi connectivity index (χ1v) is 6.35. The summed E-state index contributed by atoms with van der Waals surface area (Å²) in [7, 11) is 0. The van der Waals surface area contributed by atoms with Crippen LogP contribution < -0.4 is 9.47 Å². The molecule has 0 bridgehead atoms. The van der Waals surface area contributed by atoms with E-state index in [4.69, 9.17) is 0 Å². The fraction of sp³-hybridized carbons (Fsp3) is 0.385. The highest BCUT2D eigenvalue weighted by Gasteiger charge is 2.66. The van der Waals surface area contributed by atoms with E-state index < -0.39 is 47.6 Å². The molecule has 0 amide bonds. The summed E-state index contributed by atoms with van der Waals surface area (Å²) in [5.74, 6) is -20.3. The second-order valence-corrected chi connectivity index (χ2v) is 4.91. The van der Waals surface area contributed by atoms with E-state index in [-0.39, 0.29) is 11.6 Å². The monoisotopic (exact) mass is 416 g/mol. The van der Waals surface area contributed by atoms with Gasteiger partial charge in [0.2, 0.25) is 0 Å². The molecule has 0 spiro atoms. The van der Waals surface area contributed by atoms with Crippen molar-refractivity contribution in [1.82, 2.24) is 0 Å². The van der Waals surface area contributed by atoms with Gasteiger partial charge in [-0.1, -0.05) is 0 Å².